The normalized spacial score (nSPS) is 13.9. The van der Waals surface area contributed by atoms with Gasteiger partial charge in [0.15, 0.2) is 0 Å². The lowest BCUT2D eigenvalue weighted by molar-refractivity contribution is 0.202. The largest absolute Gasteiger partial charge is 0.490 e. The summed E-state index contributed by atoms with van der Waals surface area (Å²) in [6, 6.07) is 8.86. The second kappa shape index (κ2) is 10.7. The van der Waals surface area contributed by atoms with Gasteiger partial charge in [-0.05, 0) is 38.8 Å². The molecule has 120 valence electrons. The van der Waals surface area contributed by atoms with E-state index in [4.69, 9.17) is 4.74 Å². The number of hydrogen-bond acceptors (Lipinski definition) is 2. The Labute approximate surface area is 131 Å². The number of nitrogens with one attached hydrogen (secondary N) is 1. The van der Waals surface area contributed by atoms with Gasteiger partial charge in [0, 0.05) is 11.6 Å². The molecule has 0 bridgehead atoms. The molecule has 0 aliphatic carbocycles. The van der Waals surface area contributed by atoms with Crippen LogP contribution in [0.25, 0.3) is 0 Å². The minimum absolute atomic E-state index is 0.294. The van der Waals surface area contributed by atoms with E-state index in [2.05, 4.69) is 57.3 Å². The zero-order valence-corrected chi connectivity index (χ0v) is 14.3. The number of para-hydroxylation sites is 1. The van der Waals surface area contributed by atoms with Gasteiger partial charge in [0.2, 0.25) is 0 Å². The number of benzene rings is 1. The lowest BCUT2D eigenvalue weighted by Crippen LogP contribution is -2.22. The fourth-order valence-electron chi connectivity index (χ4n) is 2.73. The van der Waals surface area contributed by atoms with Crippen molar-refractivity contribution in [1.82, 2.24) is 5.32 Å². The number of rotatable bonds is 11. The summed E-state index contributed by atoms with van der Waals surface area (Å²) in [5, 5.41) is 3.54. The summed E-state index contributed by atoms with van der Waals surface area (Å²) in [7, 11) is 0. The van der Waals surface area contributed by atoms with E-state index >= 15 is 0 Å². The summed E-state index contributed by atoms with van der Waals surface area (Å²) >= 11 is 0. The van der Waals surface area contributed by atoms with Crippen LogP contribution in [0.3, 0.4) is 0 Å². The van der Waals surface area contributed by atoms with Gasteiger partial charge in [-0.25, -0.2) is 0 Å². The fraction of sp³-hybridized carbons (Fsp3) is 0.684. The van der Waals surface area contributed by atoms with Crippen molar-refractivity contribution in [1.29, 1.82) is 0 Å². The molecule has 0 heterocycles. The highest BCUT2D eigenvalue weighted by atomic mass is 16.5. The van der Waals surface area contributed by atoms with E-state index < -0.39 is 0 Å². The van der Waals surface area contributed by atoms with Crippen molar-refractivity contribution in [3.63, 3.8) is 0 Å². The zero-order chi connectivity index (χ0) is 15.5. The van der Waals surface area contributed by atoms with Crippen LogP contribution in [0, 0.1) is 0 Å². The molecule has 0 fully saturated rings. The van der Waals surface area contributed by atoms with Gasteiger partial charge in [0.1, 0.15) is 5.75 Å². The fourth-order valence-corrected chi connectivity index (χ4v) is 2.73. The zero-order valence-electron chi connectivity index (χ0n) is 14.3. The van der Waals surface area contributed by atoms with Crippen LogP contribution in [0.2, 0.25) is 0 Å². The summed E-state index contributed by atoms with van der Waals surface area (Å²) < 4.78 is 6.21. The predicted molar refractivity (Wildman–Crippen MR) is 92.0 cm³/mol. The Hall–Kier alpha value is -1.02. The van der Waals surface area contributed by atoms with E-state index in [1.54, 1.807) is 0 Å². The predicted octanol–water partition coefficient (Wildman–Crippen LogP) is 5.48. The van der Waals surface area contributed by atoms with Crippen LogP contribution in [0.4, 0.5) is 0 Å². The molecule has 1 rings (SSSR count). The van der Waals surface area contributed by atoms with Gasteiger partial charge in [-0.3, -0.25) is 0 Å². The smallest absolute Gasteiger partial charge is 0.124 e. The second-order valence-corrected chi connectivity index (χ2v) is 5.83. The van der Waals surface area contributed by atoms with Gasteiger partial charge in [-0.15, -0.1) is 0 Å². The highest BCUT2D eigenvalue weighted by Crippen LogP contribution is 2.28. The second-order valence-electron chi connectivity index (χ2n) is 5.83. The molecule has 2 nitrogen and oxygen atoms in total. The van der Waals surface area contributed by atoms with E-state index in [0.717, 1.165) is 25.1 Å². The molecule has 0 amide bonds. The molecule has 0 saturated carbocycles. The summed E-state index contributed by atoms with van der Waals surface area (Å²) in [6.07, 6.45) is 7.73. The van der Waals surface area contributed by atoms with Crippen molar-refractivity contribution in [2.45, 2.75) is 78.4 Å². The van der Waals surface area contributed by atoms with Gasteiger partial charge < -0.3 is 10.1 Å². The van der Waals surface area contributed by atoms with Crippen LogP contribution in [-0.2, 0) is 0 Å². The summed E-state index contributed by atoms with van der Waals surface area (Å²) in [6.45, 7) is 9.80. The van der Waals surface area contributed by atoms with Crippen LogP contribution in [-0.4, -0.2) is 12.6 Å². The Morgan fingerprint density at radius 2 is 1.81 bits per heavy atom. The van der Waals surface area contributed by atoms with Crippen molar-refractivity contribution in [2.75, 3.05) is 6.54 Å². The third-order valence-electron chi connectivity index (χ3n) is 3.95. The average Bonchev–Trinajstić information content (AvgIpc) is 2.50. The van der Waals surface area contributed by atoms with Gasteiger partial charge >= 0.3 is 0 Å². The molecule has 1 aromatic carbocycles. The van der Waals surface area contributed by atoms with Crippen LogP contribution in [0.1, 0.15) is 77.8 Å². The topological polar surface area (TPSA) is 21.3 Å². The molecule has 1 aromatic rings. The minimum Gasteiger partial charge on any atom is -0.490 e. The highest BCUT2D eigenvalue weighted by Gasteiger charge is 2.14. The van der Waals surface area contributed by atoms with Crippen molar-refractivity contribution in [2.24, 2.45) is 0 Å². The van der Waals surface area contributed by atoms with E-state index in [1.165, 1.54) is 31.2 Å². The van der Waals surface area contributed by atoms with Crippen LogP contribution >= 0.6 is 0 Å². The van der Waals surface area contributed by atoms with Crippen LogP contribution < -0.4 is 10.1 Å². The van der Waals surface area contributed by atoms with Gasteiger partial charge in [-0.2, -0.15) is 0 Å². The van der Waals surface area contributed by atoms with Crippen molar-refractivity contribution in [3.05, 3.63) is 29.8 Å². The molecule has 0 aliphatic rings. The first kappa shape index (κ1) is 18.0. The number of hydrogen-bond donors (Lipinski definition) is 1. The lowest BCUT2D eigenvalue weighted by Gasteiger charge is -2.22. The quantitative estimate of drug-likeness (QED) is 0.545. The van der Waals surface area contributed by atoms with E-state index in [9.17, 15) is 0 Å². The maximum atomic E-state index is 6.21. The summed E-state index contributed by atoms with van der Waals surface area (Å²) in [5.41, 5.74) is 1.29. The van der Waals surface area contributed by atoms with E-state index in [1.807, 2.05) is 0 Å². The SMILES string of the molecule is CCCCCCC(C)Oc1ccccc1C(CC)NCC. The third kappa shape index (κ3) is 6.52. The summed E-state index contributed by atoms with van der Waals surface area (Å²) in [4.78, 5) is 0. The summed E-state index contributed by atoms with van der Waals surface area (Å²) in [5.74, 6) is 1.05. The minimum atomic E-state index is 0.294. The maximum absolute atomic E-state index is 6.21. The Bertz CT molecular complexity index is 378. The Morgan fingerprint density at radius 3 is 2.48 bits per heavy atom. The monoisotopic (exact) mass is 291 g/mol. The van der Waals surface area contributed by atoms with Crippen molar-refractivity contribution >= 4 is 0 Å². The molecule has 21 heavy (non-hydrogen) atoms. The number of unbranched alkanes of at least 4 members (excludes halogenated alkanes) is 3. The Balaban J connectivity index is 2.61. The van der Waals surface area contributed by atoms with Gasteiger partial charge in [0.25, 0.3) is 0 Å². The lowest BCUT2D eigenvalue weighted by atomic mass is 10.0. The molecular formula is C19H33NO. The molecule has 0 aromatic heterocycles. The molecule has 2 atom stereocenters. The first-order valence-corrected chi connectivity index (χ1v) is 8.71. The van der Waals surface area contributed by atoms with Gasteiger partial charge in [0.05, 0.1) is 6.10 Å². The Kier molecular flexibility index (Phi) is 9.16. The standard InChI is InChI=1S/C19H33NO/c1-5-8-9-10-13-16(4)21-19-15-12-11-14-17(19)18(6-2)20-7-3/h11-12,14-16,18,20H,5-10,13H2,1-4H3. The molecule has 0 saturated heterocycles. The first-order valence-electron chi connectivity index (χ1n) is 8.71. The van der Waals surface area contributed by atoms with Crippen LogP contribution in [0.5, 0.6) is 5.75 Å². The number of ether oxygens (including phenoxy) is 1. The molecule has 0 radical (unpaired) electrons. The highest BCUT2D eigenvalue weighted by molar-refractivity contribution is 5.36. The van der Waals surface area contributed by atoms with E-state index in [0.29, 0.717) is 12.1 Å². The average molecular weight is 291 g/mol. The van der Waals surface area contributed by atoms with Crippen LogP contribution in [0.15, 0.2) is 24.3 Å². The molecule has 1 N–H and O–H groups in total. The first-order chi connectivity index (χ1) is 10.2. The molecule has 0 aliphatic heterocycles. The van der Waals surface area contributed by atoms with Gasteiger partial charge in [-0.1, -0.05) is 58.2 Å². The molecule has 0 spiro atoms. The molecule has 2 unspecified atom stereocenters. The maximum Gasteiger partial charge on any atom is 0.124 e. The van der Waals surface area contributed by atoms with Crippen molar-refractivity contribution in [3.8, 4) is 5.75 Å². The molecular weight excluding hydrogens is 258 g/mol. The molecule has 2 heteroatoms. The van der Waals surface area contributed by atoms with Crippen molar-refractivity contribution < 1.29 is 4.74 Å². The third-order valence-corrected chi connectivity index (χ3v) is 3.95. The van der Waals surface area contributed by atoms with E-state index in [-0.39, 0.29) is 0 Å². The Morgan fingerprint density at radius 1 is 1.05 bits per heavy atom.